The van der Waals surface area contributed by atoms with Crippen LogP contribution in [-0.4, -0.2) is 42.1 Å². The highest BCUT2D eigenvalue weighted by Gasteiger charge is 2.21. The molecule has 3 aromatic heterocycles. The van der Waals surface area contributed by atoms with Crippen LogP contribution in [0.3, 0.4) is 0 Å². The first-order chi connectivity index (χ1) is 11.9. The van der Waals surface area contributed by atoms with Gasteiger partial charge in [-0.1, -0.05) is 11.3 Å². The normalized spacial score (nSPS) is 12.2. The van der Waals surface area contributed by atoms with Gasteiger partial charge in [0.15, 0.2) is 0 Å². The standard InChI is InChI=1S/C16H15F2N7/c1-16(17,18)9-20-15-19-8-14-11(5-6-25(14)22-15)10-3-4-12-13(7-10)24(2)23-21-12/h3-8H,9H2,1-2H3,(H,20,22). The van der Waals surface area contributed by atoms with Crippen molar-refractivity contribution in [3.63, 3.8) is 0 Å². The molecular weight excluding hydrogens is 328 g/mol. The summed E-state index contributed by atoms with van der Waals surface area (Å²) in [6, 6.07) is 7.76. The predicted octanol–water partition coefficient (Wildman–Crippen LogP) is 2.75. The van der Waals surface area contributed by atoms with E-state index in [2.05, 4.69) is 25.7 Å². The van der Waals surface area contributed by atoms with E-state index in [9.17, 15) is 8.78 Å². The van der Waals surface area contributed by atoms with Gasteiger partial charge in [0.1, 0.15) is 5.52 Å². The Kier molecular flexibility index (Phi) is 3.38. The molecule has 0 amide bonds. The average molecular weight is 343 g/mol. The Labute approximate surface area is 141 Å². The summed E-state index contributed by atoms with van der Waals surface area (Å²) in [5.41, 5.74) is 4.43. The van der Waals surface area contributed by atoms with Crippen molar-refractivity contribution >= 4 is 22.5 Å². The van der Waals surface area contributed by atoms with Crippen LogP contribution in [0.25, 0.3) is 27.7 Å². The molecule has 1 aromatic carbocycles. The van der Waals surface area contributed by atoms with Crippen molar-refractivity contribution in [2.75, 3.05) is 11.9 Å². The molecule has 3 heterocycles. The quantitative estimate of drug-likeness (QED) is 0.617. The minimum absolute atomic E-state index is 0.155. The predicted molar refractivity (Wildman–Crippen MR) is 89.6 cm³/mol. The first-order valence-electron chi connectivity index (χ1n) is 7.67. The number of benzene rings is 1. The average Bonchev–Trinajstić information content (AvgIpc) is 3.15. The van der Waals surface area contributed by atoms with Crippen molar-refractivity contribution < 1.29 is 8.78 Å². The van der Waals surface area contributed by atoms with Crippen molar-refractivity contribution in [3.8, 4) is 11.1 Å². The Morgan fingerprint density at radius 1 is 1.20 bits per heavy atom. The van der Waals surface area contributed by atoms with Crippen LogP contribution in [0.1, 0.15) is 6.92 Å². The summed E-state index contributed by atoms with van der Waals surface area (Å²) in [6.45, 7) is 0.326. The highest BCUT2D eigenvalue weighted by Crippen LogP contribution is 2.27. The molecule has 4 rings (SSSR count). The number of alkyl halides is 2. The smallest absolute Gasteiger partial charge is 0.262 e. The van der Waals surface area contributed by atoms with Gasteiger partial charge in [-0.2, -0.15) is 0 Å². The van der Waals surface area contributed by atoms with E-state index >= 15 is 0 Å². The summed E-state index contributed by atoms with van der Waals surface area (Å²) in [5, 5.41) is 14.8. The molecular formula is C16H15F2N7. The maximum atomic E-state index is 12.9. The van der Waals surface area contributed by atoms with Gasteiger partial charge in [0.25, 0.3) is 5.92 Å². The second kappa shape index (κ2) is 5.47. The minimum Gasteiger partial charge on any atom is -0.347 e. The zero-order chi connectivity index (χ0) is 17.6. The lowest BCUT2D eigenvalue weighted by Gasteiger charge is -2.11. The van der Waals surface area contributed by atoms with Gasteiger partial charge < -0.3 is 5.32 Å². The van der Waals surface area contributed by atoms with E-state index in [1.807, 2.05) is 31.3 Å². The number of rotatable bonds is 4. The Bertz CT molecular complexity index is 1060. The Hall–Kier alpha value is -3.10. The molecule has 0 unspecified atom stereocenters. The summed E-state index contributed by atoms with van der Waals surface area (Å²) >= 11 is 0. The van der Waals surface area contributed by atoms with Gasteiger partial charge in [-0.3, -0.25) is 0 Å². The van der Waals surface area contributed by atoms with E-state index in [1.165, 1.54) is 0 Å². The van der Waals surface area contributed by atoms with Crippen LogP contribution < -0.4 is 5.32 Å². The third-order valence-corrected chi connectivity index (χ3v) is 3.90. The molecule has 25 heavy (non-hydrogen) atoms. The summed E-state index contributed by atoms with van der Waals surface area (Å²) < 4.78 is 29.2. The number of hydrogen-bond donors (Lipinski definition) is 1. The molecule has 0 aliphatic rings. The second-order valence-corrected chi connectivity index (χ2v) is 5.98. The summed E-state index contributed by atoms with van der Waals surface area (Å²) in [6.07, 6.45) is 3.39. The van der Waals surface area contributed by atoms with Crippen LogP contribution in [-0.2, 0) is 7.05 Å². The lowest BCUT2D eigenvalue weighted by molar-refractivity contribution is 0.0365. The summed E-state index contributed by atoms with van der Waals surface area (Å²) in [4.78, 5) is 4.13. The van der Waals surface area contributed by atoms with Gasteiger partial charge in [0.05, 0.1) is 23.8 Å². The number of anilines is 1. The van der Waals surface area contributed by atoms with Crippen molar-refractivity contribution in [2.24, 2.45) is 7.05 Å². The fourth-order valence-corrected chi connectivity index (χ4v) is 2.66. The van der Waals surface area contributed by atoms with Gasteiger partial charge in [-0.25, -0.2) is 23.0 Å². The van der Waals surface area contributed by atoms with E-state index in [-0.39, 0.29) is 5.95 Å². The zero-order valence-corrected chi connectivity index (χ0v) is 13.6. The first-order valence-corrected chi connectivity index (χ1v) is 7.67. The van der Waals surface area contributed by atoms with Crippen molar-refractivity contribution in [2.45, 2.75) is 12.8 Å². The molecule has 4 aromatic rings. The fourth-order valence-electron chi connectivity index (χ4n) is 2.66. The Morgan fingerprint density at radius 2 is 2.04 bits per heavy atom. The molecule has 0 bridgehead atoms. The summed E-state index contributed by atoms with van der Waals surface area (Å²) in [7, 11) is 1.83. The number of aryl methyl sites for hydroxylation is 1. The highest BCUT2D eigenvalue weighted by molar-refractivity contribution is 5.87. The number of nitrogens with zero attached hydrogens (tertiary/aromatic N) is 6. The molecule has 1 N–H and O–H groups in total. The zero-order valence-electron chi connectivity index (χ0n) is 13.6. The number of aromatic nitrogens is 6. The Balaban J connectivity index is 1.71. The van der Waals surface area contributed by atoms with E-state index in [0.29, 0.717) is 0 Å². The molecule has 0 saturated heterocycles. The largest absolute Gasteiger partial charge is 0.347 e. The Morgan fingerprint density at radius 3 is 2.84 bits per heavy atom. The van der Waals surface area contributed by atoms with E-state index in [1.54, 1.807) is 21.6 Å². The van der Waals surface area contributed by atoms with Crippen molar-refractivity contribution in [1.29, 1.82) is 0 Å². The highest BCUT2D eigenvalue weighted by atomic mass is 19.3. The molecule has 128 valence electrons. The molecule has 0 aliphatic carbocycles. The molecule has 7 nitrogen and oxygen atoms in total. The van der Waals surface area contributed by atoms with Crippen LogP contribution >= 0.6 is 0 Å². The molecule has 0 aliphatic heterocycles. The van der Waals surface area contributed by atoms with Crippen LogP contribution in [0.2, 0.25) is 0 Å². The molecule has 9 heteroatoms. The van der Waals surface area contributed by atoms with Crippen LogP contribution in [0.15, 0.2) is 36.7 Å². The fraction of sp³-hybridized carbons (Fsp3) is 0.250. The number of nitrogens with one attached hydrogen (secondary N) is 1. The van der Waals surface area contributed by atoms with Crippen molar-refractivity contribution in [1.82, 2.24) is 29.6 Å². The number of hydrogen-bond acceptors (Lipinski definition) is 5. The lowest BCUT2D eigenvalue weighted by atomic mass is 10.1. The number of fused-ring (bicyclic) bond motifs is 2. The van der Waals surface area contributed by atoms with E-state index in [4.69, 9.17) is 0 Å². The minimum atomic E-state index is -2.83. The van der Waals surface area contributed by atoms with Gasteiger partial charge in [-0.05, 0) is 23.8 Å². The van der Waals surface area contributed by atoms with Gasteiger partial charge in [0.2, 0.25) is 5.95 Å². The maximum Gasteiger partial charge on any atom is 0.262 e. The van der Waals surface area contributed by atoms with Crippen LogP contribution in [0, 0.1) is 0 Å². The molecule has 0 radical (unpaired) electrons. The third-order valence-electron chi connectivity index (χ3n) is 3.90. The van der Waals surface area contributed by atoms with Crippen molar-refractivity contribution in [3.05, 3.63) is 36.7 Å². The van der Waals surface area contributed by atoms with Gasteiger partial charge in [-0.15, -0.1) is 10.2 Å². The first kappa shape index (κ1) is 15.4. The lowest BCUT2D eigenvalue weighted by Crippen LogP contribution is -2.24. The monoisotopic (exact) mass is 343 g/mol. The maximum absolute atomic E-state index is 12.9. The molecule has 0 saturated carbocycles. The summed E-state index contributed by atoms with van der Waals surface area (Å²) in [5.74, 6) is -2.67. The van der Waals surface area contributed by atoms with Crippen LogP contribution in [0.5, 0.6) is 0 Å². The van der Waals surface area contributed by atoms with E-state index < -0.39 is 12.5 Å². The van der Waals surface area contributed by atoms with Crippen LogP contribution in [0.4, 0.5) is 14.7 Å². The molecule has 0 fully saturated rings. The topological polar surface area (TPSA) is 72.9 Å². The van der Waals surface area contributed by atoms with Gasteiger partial charge >= 0.3 is 0 Å². The SMILES string of the molecule is Cn1nnc2ccc(-c3ccn4nc(NCC(C)(F)F)ncc34)cc21. The second-order valence-electron chi connectivity index (χ2n) is 5.98. The number of halogens is 2. The molecule has 0 spiro atoms. The molecule has 0 atom stereocenters. The van der Waals surface area contributed by atoms with Gasteiger partial charge in [0, 0.05) is 25.7 Å². The van der Waals surface area contributed by atoms with E-state index in [0.717, 1.165) is 34.6 Å². The third kappa shape index (κ3) is 2.88.